The number of carbonyl (C=O) groups excluding carboxylic acids is 1. The van der Waals surface area contributed by atoms with E-state index in [4.69, 9.17) is 10.5 Å². The van der Waals surface area contributed by atoms with Gasteiger partial charge < -0.3 is 21.1 Å². The zero-order chi connectivity index (χ0) is 28.3. The lowest BCUT2D eigenvalue weighted by Crippen LogP contribution is -2.21. The highest BCUT2D eigenvalue weighted by molar-refractivity contribution is 6.00. The molecule has 2 aromatic carbocycles. The average molecular weight is 551 g/mol. The number of alkyl halides is 3. The maximum Gasteiger partial charge on any atom is 0.416 e. The van der Waals surface area contributed by atoms with Gasteiger partial charge in [-0.25, -0.2) is 28.8 Å². The first-order valence-electron chi connectivity index (χ1n) is 11.3. The molecule has 0 aliphatic rings. The van der Waals surface area contributed by atoms with Gasteiger partial charge in [0.1, 0.15) is 17.4 Å². The number of aromatic nitrogens is 6. The van der Waals surface area contributed by atoms with Crippen molar-refractivity contribution in [2.45, 2.75) is 6.18 Å². The van der Waals surface area contributed by atoms with E-state index in [9.17, 15) is 22.4 Å². The van der Waals surface area contributed by atoms with E-state index in [1.807, 2.05) is 0 Å². The van der Waals surface area contributed by atoms with Crippen molar-refractivity contribution in [3.63, 3.8) is 0 Å². The Morgan fingerprint density at radius 2 is 1.70 bits per heavy atom. The van der Waals surface area contributed by atoms with Gasteiger partial charge in [0.25, 0.3) is 0 Å². The molecule has 0 saturated heterocycles. The van der Waals surface area contributed by atoms with Crippen LogP contribution in [0.15, 0.2) is 79.5 Å². The topological polar surface area (TPSA) is 146 Å². The van der Waals surface area contributed by atoms with Crippen molar-refractivity contribution in [1.29, 1.82) is 0 Å². The molecule has 0 atom stereocenters. The number of nitrogens with zero attached hydrogens (tertiary/aromatic N) is 6. The van der Waals surface area contributed by atoms with E-state index in [0.29, 0.717) is 16.9 Å². The number of halogens is 4. The summed E-state index contributed by atoms with van der Waals surface area (Å²) in [6, 6.07) is 9.71. The van der Waals surface area contributed by atoms with Crippen molar-refractivity contribution in [2.75, 3.05) is 16.4 Å². The summed E-state index contributed by atoms with van der Waals surface area (Å²) in [6.07, 6.45) is 1.66. The summed E-state index contributed by atoms with van der Waals surface area (Å²) < 4.78 is 60.0. The van der Waals surface area contributed by atoms with Crippen molar-refractivity contribution < 1.29 is 27.1 Å². The molecule has 0 aliphatic carbocycles. The van der Waals surface area contributed by atoms with Gasteiger partial charge in [0.05, 0.1) is 53.6 Å². The van der Waals surface area contributed by atoms with Gasteiger partial charge in [-0.2, -0.15) is 13.2 Å². The second-order valence-electron chi connectivity index (χ2n) is 8.12. The van der Waals surface area contributed by atoms with Crippen LogP contribution in [0.5, 0.6) is 11.8 Å². The fourth-order valence-corrected chi connectivity index (χ4v) is 3.56. The van der Waals surface area contributed by atoms with Gasteiger partial charge in [-0.3, -0.25) is 0 Å². The van der Waals surface area contributed by atoms with Crippen LogP contribution < -0.4 is 21.1 Å². The van der Waals surface area contributed by atoms with E-state index in [2.05, 4.69) is 35.9 Å². The highest BCUT2D eigenvalue weighted by Crippen LogP contribution is 2.33. The molecule has 0 unspecified atom stereocenters. The number of nitrogens with one attached hydrogen (secondary N) is 2. The molecule has 3 heterocycles. The lowest BCUT2D eigenvalue weighted by Gasteiger charge is -2.14. The molecule has 0 aliphatic heterocycles. The Morgan fingerprint density at radius 3 is 2.38 bits per heavy atom. The maximum atomic E-state index is 13.5. The minimum atomic E-state index is -4.62. The van der Waals surface area contributed by atoms with E-state index in [1.54, 1.807) is 24.3 Å². The number of hydrogen-bond acceptors (Lipinski definition) is 8. The molecular formula is C25H17F4N9O2. The van der Waals surface area contributed by atoms with Gasteiger partial charge in [-0.15, -0.1) is 5.10 Å². The number of benzene rings is 2. The van der Waals surface area contributed by atoms with E-state index in [0.717, 1.165) is 18.3 Å². The molecular weight excluding hydrogens is 534 g/mol. The monoisotopic (exact) mass is 551 g/mol. The fraction of sp³-hybridized carbons (Fsp3) is 0.0400. The average Bonchev–Trinajstić information content (AvgIpc) is 3.46. The van der Waals surface area contributed by atoms with Gasteiger partial charge in [0.15, 0.2) is 0 Å². The third-order valence-electron chi connectivity index (χ3n) is 5.39. The van der Waals surface area contributed by atoms with Crippen LogP contribution in [0.2, 0.25) is 0 Å². The van der Waals surface area contributed by atoms with Crippen molar-refractivity contribution in [2.24, 2.45) is 0 Å². The Kier molecular flexibility index (Phi) is 6.92. The molecule has 5 aromatic rings. The number of nitrogen functional groups attached to an aromatic ring is 1. The van der Waals surface area contributed by atoms with Crippen LogP contribution >= 0.6 is 0 Å². The number of pyridine rings is 1. The minimum Gasteiger partial charge on any atom is -0.424 e. The first kappa shape index (κ1) is 26.0. The Labute approximate surface area is 222 Å². The predicted molar refractivity (Wildman–Crippen MR) is 135 cm³/mol. The van der Waals surface area contributed by atoms with E-state index < -0.39 is 23.6 Å². The fourth-order valence-electron chi connectivity index (χ4n) is 3.56. The largest absolute Gasteiger partial charge is 0.424 e. The molecule has 0 spiro atoms. The smallest absolute Gasteiger partial charge is 0.416 e. The van der Waals surface area contributed by atoms with Crippen LogP contribution in [-0.2, 0) is 6.18 Å². The summed E-state index contributed by atoms with van der Waals surface area (Å²) >= 11 is 0. The van der Waals surface area contributed by atoms with Crippen LogP contribution in [-0.4, -0.2) is 36.0 Å². The Hall–Kier alpha value is -5.60. The van der Waals surface area contributed by atoms with Crippen molar-refractivity contribution in [3.05, 3.63) is 90.9 Å². The predicted octanol–water partition coefficient (Wildman–Crippen LogP) is 5.30. The first-order valence-corrected chi connectivity index (χ1v) is 11.3. The van der Waals surface area contributed by atoms with E-state index in [-0.39, 0.29) is 28.9 Å². The third-order valence-corrected chi connectivity index (χ3v) is 5.39. The number of hydrogen-bond donors (Lipinski definition) is 3. The summed E-state index contributed by atoms with van der Waals surface area (Å²) in [5.74, 6) is 0.0225. The van der Waals surface area contributed by atoms with E-state index >= 15 is 0 Å². The molecule has 0 saturated carbocycles. The maximum absolute atomic E-state index is 13.5. The number of anilines is 3. The van der Waals surface area contributed by atoms with E-state index in [1.165, 1.54) is 41.6 Å². The standard InChI is InChI=1S/C25H17F4N9O2/c26-16-10-19(22(30)31-11-16)14-1-4-18(5-2-14)40-24-32-12-17(13-33-24)35-23(39)36-20-9-15(25(27,28)29)3-6-21(20)38-8-7-34-37-38/h1-13H,(H2,30,31)(H2,35,36,39). The van der Waals surface area contributed by atoms with Crippen LogP contribution in [0.3, 0.4) is 0 Å². The number of nitrogens with two attached hydrogens (primary N) is 1. The van der Waals surface area contributed by atoms with Crippen LogP contribution in [0.25, 0.3) is 16.8 Å². The van der Waals surface area contributed by atoms with Gasteiger partial charge in [-0.05, 0) is 42.0 Å². The molecule has 0 radical (unpaired) electrons. The Bertz CT molecular complexity index is 1640. The van der Waals surface area contributed by atoms with Gasteiger partial charge >= 0.3 is 18.2 Å². The summed E-state index contributed by atoms with van der Waals surface area (Å²) in [4.78, 5) is 24.4. The highest BCUT2D eigenvalue weighted by Gasteiger charge is 2.31. The summed E-state index contributed by atoms with van der Waals surface area (Å²) in [7, 11) is 0. The van der Waals surface area contributed by atoms with Gasteiger partial charge in [-0.1, -0.05) is 17.3 Å². The van der Waals surface area contributed by atoms with Crippen molar-refractivity contribution >= 4 is 23.2 Å². The quantitative estimate of drug-likeness (QED) is 0.241. The van der Waals surface area contributed by atoms with Crippen molar-refractivity contribution in [3.8, 4) is 28.6 Å². The SMILES string of the molecule is Nc1ncc(F)cc1-c1ccc(Oc2ncc(NC(=O)Nc3cc(C(F)(F)F)ccc3-n3ccnn3)cn2)cc1. The normalized spacial score (nSPS) is 11.2. The lowest BCUT2D eigenvalue weighted by atomic mass is 10.1. The Balaban J connectivity index is 1.25. The van der Waals surface area contributed by atoms with Gasteiger partial charge in [0, 0.05) is 5.56 Å². The number of amides is 2. The zero-order valence-corrected chi connectivity index (χ0v) is 20.1. The summed E-state index contributed by atoms with van der Waals surface area (Å²) in [5.41, 5.74) is 6.06. The summed E-state index contributed by atoms with van der Waals surface area (Å²) in [5, 5.41) is 12.2. The van der Waals surface area contributed by atoms with Crippen LogP contribution in [0.4, 0.5) is 39.5 Å². The zero-order valence-electron chi connectivity index (χ0n) is 20.1. The van der Waals surface area contributed by atoms with Crippen LogP contribution in [0, 0.1) is 5.82 Å². The molecule has 11 nitrogen and oxygen atoms in total. The molecule has 4 N–H and O–H groups in total. The molecule has 202 valence electrons. The van der Waals surface area contributed by atoms with Crippen molar-refractivity contribution in [1.82, 2.24) is 29.9 Å². The molecule has 0 bridgehead atoms. The number of ether oxygens (including phenoxy) is 1. The molecule has 0 fully saturated rings. The molecule has 2 amide bonds. The van der Waals surface area contributed by atoms with Crippen LogP contribution in [0.1, 0.15) is 5.56 Å². The molecule has 5 rings (SSSR count). The second kappa shape index (κ2) is 10.6. The third kappa shape index (κ3) is 5.93. The first-order chi connectivity index (χ1) is 19.2. The number of carbonyl (C=O) groups is 1. The number of rotatable bonds is 6. The van der Waals surface area contributed by atoms with Gasteiger partial charge in [0.2, 0.25) is 0 Å². The Morgan fingerprint density at radius 1 is 0.950 bits per heavy atom. The molecule has 3 aromatic heterocycles. The summed E-state index contributed by atoms with van der Waals surface area (Å²) in [6.45, 7) is 0. The molecule has 15 heteroatoms. The minimum absolute atomic E-state index is 0.0445. The highest BCUT2D eigenvalue weighted by atomic mass is 19.4. The second-order valence-corrected chi connectivity index (χ2v) is 8.12. The molecule has 40 heavy (non-hydrogen) atoms. The number of urea groups is 1. The lowest BCUT2D eigenvalue weighted by molar-refractivity contribution is -0.137.